The normalized spacial score (nSPS) is 18.6. The van der Waals surface area contributed by atoms with E-state index in [1.807, 2.05) is 0 Å². The molecule has 1 aliphatic carbocycles. The maximum absolute atomic E-state index is 12.5. The molecule has 110 valence electrons. The monoisotopic (exact) mass is 306 g/mol. The van der Waals surface area contributed by atoms with Gasteiger partial charge >= 0.3 is 6.18 Å². The molecule has 2 rings (SSSR count). The van der Waals surface area contributed by atoms with E-state index >= 15 is 0 Å². The maximum Gasteiger partial charge on any atom is 0.401 e. The van der Waals surface area contributed by atoms with Gasteiger partial charge in [-0.3, -0.25) is 10.1 Å². The summed E-state index contributed by atoms with van der Waals surface area (Å²) in [5, 5.41) is 2.77. The van der Waals surface area contributed by atoms with Crippen molar-refractivity contribution in [1.29, 1.82) is 0 Å². The molecular formula is C13H14ClF3N2O. The second-order valence-electron chi connectivity index (χ2n) is 4.92. The van der Waals surface area contributed by atoms with Crippen LogP contribution >= 0.6 is 11.6 Å². The van der Waals surface area contributed by atoms with Gasteiger partial charge in [0.1, 0.15) is 5.54 Å². The van der Waals surface area contributed by atoms with E-state index in [2.05, 4.69) is 5.32 Å². The van der Waals surface area contributed by atoms with E-state index in [1.54, 1.807) is 0 Å². The zero-order chi connectivity index (χ0) is 15.0. The second kappa shape index (κ2) is 5.26. The topological polar surface area (TPSA) is 55.1 Å². The summed E-state index contributed by atoms with van der Waals surface area (Å²) >= 11 is 5.77. The van der Waals surface area contributed by atoms with Crippen molar-refractivity contribution in [3.63, 3.8) is 0 Å². The van der Waals surface area contributed by atoms with Crippen molar-refractivity contribution < 1.29 is 18.0 Å². The lowest BCUT2D eigenvalue weighted by atomic mass is 9.84. The molecule has 1 fully saturated rings. The minimum absolute atomic E-state index is 0.219. The molecule has 3 nitrogen and oxygen atoms in total. The van der Waals surface area contributed by atoms with E-state index in [1.165, 1.54) is 24.3 Å². The van der Waals surface area contributed by atoms with Gasteiger partial charge in [-0.25, -0.2) is 0 Å². The van der Waals surface area contributed by atoms with Crippen LogP contribution in [0.4, 0.5) is 13.2 Å². The standard InChI is InChI=1S/C13H14ClF3N2O/c14-10-5-3-9(4-6-10)13(11(18)20,8-1-2-8)19-7-12(15,16)17/h3-6,8,19H,1-2,7H2,(H2,18,20). The number of nitrogens with two attached hydrogens (primary N) is 1. The summed E-state index contributed by atoms with van der Waals surface area (Å²) in [6.07, 6.45) is -3.09. The predicted molar refractivity (Wildman–Crippen MR) is 69.1 cm³/mol. The Morgan fingerprint density at radius 2 is 1.85 bits per heavy atom. The Morgan fingerprint density at radius 3 is 2.25 bits per heavy atom. The summed E-state index contributed by atoms with van der Waals surface area (Å²) in [6.45, 7) is -1.27. The molecule has 1 aromatic rings. The highest BCUT2D eigenvalue weighted by Gasteiger charge is 2.52. The molecule has 0 aliphatic heterocycles. The lowest BCUT2D eigenvalue weighted by Gasteiger charge is -2.33. The summed E-state index contributed by atoms with van der Waals surface area (Å²) in [4.78, 5) is 11.9. The number of nitrogens with one attached hydrogen (secondary N) is 1. The number of alkyl halides is 3. The summed E-state index contributed by atoms with van der Waals surface area (Å²) < 4.78 is 37.4. The van der Waals surface area contributed by atoms with Gasteiger partial charge in [-0.2, -0.15) is 13.2 Å². The summed E-state index contributed by atoms with van der Waals surface area (Å²) in [5.41, 5.74) is 4.34. The lowest BCUT2D eigenvalue weighted by molar-refractivity contribution is -0.137. The van der Waals surface area contributed by atoms with Crippen molar-refractivity contribution >= 4 is 17.5 Å². The van der Waals surface area contributed by atoms with Gasteiger partial charge < -0.3 is 5.73 Å². The van der Waals surface area contributed by atoms with Crippen LogP contribution in [0.15, 0.2) is 24.3 Å². The summed E-state index contributed by atoms with van der Waals surface area (Å²) in [7, 11) is 0. The number of rotatable bonds is 5. The highest BCUT2D eigenvalue weighted by atomic mass is 35.5. The molecule has 0 radical (unpaired) electrons. The number of carbonyl (C=O) groups excluding carboxylic acids is 1. The van der Waals surface area contributed by atoms with Crippen molar-refractivity contribution in [3.8, 4) is 0 Å². The van der Waals surface area contributed by atoms with Crippen LogP contribution in [0.2, 0.25) is 5.02 Å². The molecule has 1 unspecified atom stereocenters. The van der Waals surface area contributed by atoms with Gasteiger partial charge in [0.2, 0.25) is 5.91 Å². The van der Waals surface area contributed by atoms with E-state index in [0.29, 0.717) is 23.4 Å². The molecule has 0 bridgehead atoms. The third kappa shape index (κ3) is 3.07. The average Bonchev–Trinajstić information content (AvgIpc) is 3.15. The maximum atomic E-state index is 12.5. The number of benzene rings is 1. The van der Waals surface area contributed by atoms with E-state index < -0.39 is 24.2 Å². The highest BCUT2D eigenvalue weighted by molar-refractivity contribution is 6.30. The zero-order valence-corrected chi connectivity index (χ0v) is 11.3. The van der Waals surface area contributed by atoms with Crippen LogP contribution in [-0.4, -0.2) is 18.6 Å². The Labute approximate surface area is 119 Å². The van der Waals surface area contributed by atoms with Crippen LogP contribution in [0, 0.1) is 5.92 Å². The number of halogens is 4. The SMILES string of the molecule is NC(=O)C(NCC(F)(F)F)(c1ccc(Cl)cc1)C1CC1. The molecule has 1 aromatic carbocycles. The largest absolute Gasteiger partial charge is 0.401 e. The van der Waals surface area contributed by atoms with Crippen LogP contribution in [0.25, 0.3) is 0 Å². The van der Waals surface area contributed by atoms with Gasteiger partial charge in [-0.05, 0) is 36.5 Å². The van der Waals surface area contributed by atoms with Crippen LogP contribution in [0.1, 0.15) is 18.4 Å². The molecule has 0 heterocycles. The number of hydrogen-bond acceptors (Lipinski definition) is 2. The molecule has 20 heavy (non-hydrogen) atoms. The number of amides is 1. The Morgan fingerprint density at radius 1 is 1.30 bits per heavy atom. The molecule has 1 atom stereocenters. The van der Waals surface area contributed by atoms with E-state index in [9.17, 15) is 18.0 Å². The Hall–Kier alpha value is -1.27. The third-order valence-corrected chi connectivity index (χ3v) is 3.70. The Bertz CT molecular complexity index is 499. The molecule has 1 saturated carbocycles. The Balaban J connectivity index is 2.37. The highest BCUT2D eigenvalue weighted by Crippen LogP contribution is 2.46. The summed E-state index contributed by atoms with van der Waals surface area (Å²) in [5.74, 6) is -1.02. The minimum Gasteiger partial charge on any atom is -0.368 e. The van der Waals surface area contributed by atoms with Crippen molar-refractivity contribution in [1.82, 2.24) is 5.32 Å². The molecule has 3 N–H and O–H groups in total. The first-order valence-electron chi connectivity index (χ1n) is 6.13. The molecule has 0 saturated heterocycles. The van der Waals surface area contributed by atoms with Crippen LogP contribution in [0.5, 0.6) is 0 Å². The Kier molecular flexibility index (Phi) is 3.97. The summed E-state index contributed by atoms with van der Waals surface area (Å²) in [6, 6.07) is 6.14. The van der Waals surface area contributed by atoms with Crippen LogP contribution in [-0.2, 0) is 10.3 Å². The third-order valence-electron chi connectivity index (χ3n) is 3.45. The van der Waals surface area contributed by atoms with Crippen LogP contribution in [0.3, 0.4) is 0 Å². The fourth-order valence-corrected chi connectivity index (χ4v) is 2.51. The first-order chi connectivity index (χ1) is 9.25. The van der Waals surface area contributed by atoms with E-state index in [4.69, 9.17) is 17.3 Å². The average molecular weight is 307 g/mol. The second-order valence-corrected chi connectivity index (χ2v) is 5.36. The first kappa shape index (κ1) is 15.1. The lowest BCUT2D eigenvalue weighted by Crippen LogP contribution is -2.56. The van der Waals surface area contributed by atoms with Gasteiger partial charge in [-0.15, -0.1) is 0 Å². The fourth-order valence-electron chi connectivity index (χ4n) is 2.38. The molecule has 1 aliphatic rings. The van der Waals surface area contributed by atoms with Crippen molar-refractivity contribution in [2.24, 2.45) is 11.7 Å². The van der Waals surface area contributed by atoms with Gasteiger partial charge in [0.25, 0.3) is 0 Å². The number of carbonyl (C=O) groups is 1. The van der Waals surface area contributed by atoms with Gasteiger partial charge in [0.15, 0.2) is 0 Å². The first-order valence-corrected chi connectivity index (χ1v) is 6.51. The fraction of sp³-hybridized carbons (Fsp3) is 0.462. The minimum atomic E-state index is -4.41. The number of hydrogen-bond donors (Lipinski definition) is 2. The molecule has 0 spiro atoms. The predicted octanol–water partition coefficient (Wildman–Crippen LogP) is 2.58. The quantitative estimate of drug-likeness (QED) is 0.878. The van der Waals surface area contributed by atoms with Crippen molar-refractivity contribution in [3.05, 3.63) is 34.9 Å². The van der Waals surface area contributed by atoms with Gasteiger partial charge in [0.05, 0.1) is 6.54 Å². The van der Waals surface area contributed by atoms with E-state index in [0.717, 1.165) is 0 Å². The number of primary amides is 1. The zero-order valence-electron chi connectivity index (χ0n) is 10.5. The van der Waals surface area contributed by atoms with E-state index in [-0.39, 0.29) is 5.92 Å². The van der Waals surface area contributed by atoms with Gasteiger partial charge in [-0.1, -0.05) is 23.7 Å². The van der Waals surface area contributed by atoms with Gasteiger partial charge in [0, 0.05) is 5.02 Å². The van der Waals surface area contributed by atoms with Crippen molar-refractivity contribution in [2.75, 3.05) is 6.54 Å². The molecule has 1 amide bonds. The smallest absolute Gasteiger partial charge is 0.368 e. The van der Waals surface area contributed by atoms with Crippen LogP contribution < -0.4 is 11.1 Å². The van der Waals surface area contributed by atoms with Crippen molar-refractivity contribution in [2.45, 2.75) is 24.6 Å². The molecule has 7 heteroatoms. The molecule has 0 aromatic heterocycles. The molecular weight excluding hydrogens is 293 g/mol.